The lowest BCUT2D eigenvalue weighted by molar-refractivity contribution is -0.385. The fourth-order valence-corrected chi connectivity index (χ4v) is 2.22. The van der Waals surface area contributed by atoms with E-state index in [-0.39, 0.29) is 10.6 Å². The average Bonchev–Trinajstić information content (AvgIpc) is 2.32. The van der Waals surface area contributed by atoms with Gasteiger partial charge in [0.2, 0.25) is 0 Å². The topological polar surface area (TPSA) is 55.2 Å². The van der Waals surface area contributed by atoms with Gasteiger partial charge in [0.05, 0.1) is 9.40 Å². The van der Waals surface area contributed by atoms with E-state index in [4.69, 9.17) is 0 Å². The maximum Gasteiger partial charge on any atom is 0.283 e. The molecule has 0 saturated carbocycles. The monoisotopic (exact) mass is 300 g/mol. The summed E-state index contributed by atoms with van der Waals surface area (Å²) in [6.45, 7) is 4.90. The molecule has 0 aliphatic heterocycles. The molecule has 0 bridgehead atoms. The van der Waals surface area contributed by atoms with Crippen molar-refractivity contribution in [1.82, 2.24) is 5.32 Å². The van der Waals surface area contributed by atoms with Crippen molar-refractivity contribution in [2.24, 2.45) is 0 Å². The molecule has 0 aliphatic rings. The van der Waals surface area contributed by atoms with E-state index >= 15 is 0 Å². The summed E-state index contributed by atoms with van der Waals surface area (Å²) in [5.74, 6) is 0. The van der Waals surface area contributed by atoms with Gasteiger partial charge in [-0.05, 0) is 34.3 Å². The summed E-state index contributed by atoms with van der Waals surface area (Å²) in [5, 5.41) is 14.2. The Bertz CT molecular complexity index is 392. The normalized spacial score (nSPS) is 10.8. The summed E-state index contributed by atoms with van der Waals surface area (Å²) in [6, 6.07) is 5.57. The molecule has 1 aromatic rings. The van der Waals surface area contributed by atoms with Crippen molar-refractivity contribution >= 4 is 21.6 Å². The molecule has 0 radical (unpaired) electrons. The van der Waals surface area contributed by atoms with Crippen LogP contribution in [-0.2, 0) is 6.54 Å². The fourth-order valence-electron chi connectivity index (χ4n) is 1.68. The Morgan fingerprint density at radius 1 is 1.41 bits per heavy atom. The van der Waals surface area contributed by atoms with Gasteiger partial charge in [-0.15, -0.1) is 0 Å². The van der Waals surface area contributed by atoms with Crippen LogP contribution < -0.4 is 5.32 Å². The highest BCUT2D eigenvalue weighted by Gasteiger charge is 2.14. The smallest absolute Gasteiger partial charge is 0.283 e. The highest BCUT2D eigenvalue weighted by Crippen LogP contribution is 2.28. The van der Waals surface area contributed by atoms with Crippen molar-refractivity contribution in [3.63, 3.8) is 0 Å². The second-order valence-corrected chi connectivity index (χ2v) is 4.69. The van der Waals surface area contributed by atoms with Crippen LogP contribution in [0.5, 0.6) is 0 Å². The van der Waals surface area contributed by atoms with E-state index < -0.39 is 0 Å². The van der Waals surface area contributed by atoms with E-state index in [0.717, 1.165) is 18.4 Å². The molecule has 0 spiro atoms. The van der Waals surface area contributed by atoms with E-state index in [0.29, 0.717) is 17.1 Å². The molecule has 0 unspecified atom stereocenters. The zero-order valence-electron chi connectivity index (χ0n) is 10.1. The van der Waals surface area contributed by atoms with E-state index in [1.807, 2.05) is 6.07 Å². The summed E-state index contributed by atoms with van der Waals surface area (Å²) in [5.41, 5.74) is 1.04. The molecular weight excluding hydrogens is 284 g/mol. The third kappa shape index (κ3) is 3.78. The Labute approximate surface area is 110 Å². The fraction of sp³-hybridized carbons (Fsp3) is 0.500. The van der Waals surface area contributed by atoms with Gasteiger partial charge in [-0.3, -0.25) is 10.1 Å². The first-order valence-electron chi connectivity index (χ1n) is 5.75. The SMILES string of the molecule is CCC(CC)NCc1cccc([N+](=O)[O-])c1Br. The Balaban J connectivity index is 2.78. The molecule has 0 amide bonds. The predicted octanol–water partition coefficient (Wildman–Crippen LogP) is 3.64. The number of halogens is 1. The lowest BCUT2D eigenvalue weighted by atomic mass is 10.1. The third-order valence-electron chi connectivity index (χ3n) is 2.82. The summed E-state index contributed by atoms with van der Waals surface area (Å²) in [6.07, 6.45) is 2.12. The Morgan fingerprint density at radius 2 is 2.06 bits per heavy atom. The van der Waals surface area contributed by atoms with Crippen molar-refractivity contribution in [1.29, 1.82) is 0 Å². The number of nitrogens with zero attached hydrogens (tertiary/aromatic N) is 1. The summed E-state index contributed by atoms with van der Waals surface area (Å²) in [7, 11) is 0. The van der Waals surface area contributed by atoms with E-state index in [2.05, 4.69) is 35.1 Å². The number of nitro benzene ring substituents is 1. The highest BCUT2D eigenvalue weighted by molar-refractivity contribution is 9.10. The van der Waals surface area contributed by atoms with Crippen LogP contribution in [0.4, 0.5) is 5.69 Å². The largest absolute Gasteiger partial charge is 0.310 e. The second kappa shape index (κ2) is 6.71. The van der Waals surface area contributed by atoms with Crippen LogP contribution in [0.2, 0.25) is 0 Å². The van der Waals surface area contributed by atoms with Crippen LogP contribution >= 0.6 is 15.9 Å². The van der Waals surface area contributed by atoms with Crippen LogP contribution in [0.15, 0.2) is 22.7 Å². The molecule has 5 heteroatoms. The Morgan fingerprint density at radius 3 is 2.59 bits per heavy atom. The quantitative estimate of drug-likeness (QED) is 0.644. The first kappa shape index (κ1) is 14.1. The van der Waals surface area contributed by atoms with Gasteiger partial charge < -0.3 is 5.32 Å². The first-order valence-corrected chi connectivity index (χ1v) is 6.54. The molecule has 0 fully saturated rings. The van der Waals surface area contributed by atoms with Gasteiger partial charge in [-0.25, -0.2) is 0 Å². The number of hydrogen-bond donors (Lipinski definition) is 1. The van der Waals surface area contributed by atoms with Gasteiger partial charge in [0, 0.05) is 18.7 Å². The van der Waals surface area contributed by atoms with Gasteiger partial charge in [-0.1, -0.05) is 26.0 Å². The van der Waals surface area contributed by atoms with E-state index in [1.165, 1.54) is 6.07 Å². The van der Waals surface area contributed by atoms with Gasteiger partial charge in [0.25, 0.3) is 5.69 Å². The predicted molar refractivity (Wildman–Crippen MR) is 72.0 cm³/mol. The molecule has 17 heavy (non-hydrogen) atoms. The van der Waals surface area contributed by atoms with Crippen molar-refractivity contribution < 1.29 is 4.92 Å². The molecule has 1 aromatic carbocycles. The van der Waals surface area contributed by atoms with Crippen LogP contribution in [0, 0.1) is 10.1 Å². The molecule has 94 valence electrons. The molecule has 1 N–H and O–H groups in total. The first-order chi connectivity index (χ1) is 8.10. The van der Waals surface area contributed by atoms with Crippen molar-refractivity contribution in [3.8, 4) is 0 Å². The van der Waals surface area contributed by atoms with Crippen LogP contribution in [-0.4, -0.2) is 11.0 Å². The third-order valence-corrected chi connectivity index (χ3v) is 3.74. The molecule has 0 atom stereocenters. The maximum atomic E-state index is 10.8. The summed E-state index contributed by atoms with van der Waals surface area (Å²) >= 11 is 3.29. The lowest BCUT2D eigenvalue weighted by Gasteiger charge is -2.15. The lowest BCUT2D eigenvalue weighted by Crippen LogP contribution is -2.27. The Hall–Kier alpha value is -0.940. The Kier molecular flexibility index (Phi) is 5.58. The number of nitrogens with one attached hydrogen (secondary N) is 1. The van der Waals surface area contributed by atoms with Crippen LogP contribution in [0.1, 0.15) is 32.3 Å². The number of rotatable bonds is 6. The zero-order chi connectivity index (χ0) is 12.8. The molecule has 0 heterocycles. The van der Waals surface area contributed by atoms with Gasteiger partial charge >= 0.3 is 0 Å². The van der Waals surface area contributed by atoms with E-state index in [1.54, 1.807) is 6.07 Å². The van der Waals surface area contributed by atoms with Crippen molar-refractivity contribution in [2.45, 2.75) is 39.3 Å². The van der Waals surface area contributed by atoms with Crippen LogP contribution in [0.25, 0.3) is 0 Å². The van der Waals surface area contributed by atoms with E-state index in [9.17, 15) is 10.1 Å². The highest BCUT2D eigenvalue weighted by atomic mass is 79.9. The minimum Gasteiger partial charge on any atom is -0.310 e. The summed E-state index contributed by atoms with van der Waals surface area (Å²) < 4.78 is 0.573. The number of benzene rings is 1. The van der Waals surface area contributed by atoms with Gasteiger partial charge in [-0.2, -0.15) is 0 Å². The molecule has 0 aromatic heterocycles. The second-order valence-electron chi connectivity index (χ2n) is 3.90. The molecule has 0 saturated heterocycles. The van der Waals surface area contributed by atoms with Gasteiger partial charge in [0.15, 0.2) is 0 Å². The number of hydrogen-bond acceptors (Lipinski definition) is 3. The maximum absolute atomic E-state index is 10.8. The van der Waals surface area contributed by atoms with Crippen molar-refractivity contribution in [2.75, 3.05) is 0 Å². The molecule has 4 nitrogen and oxygen atoms in total. The van der Waals surface area contributed by atoms with Crippen molar-refractivity contribution in [3.05, 3.63) is 38.3 Å². The minimum atomic E-state index is -0.370. The minimum absolute atomic E-state index is 0.119. The summed E-state index contributed by atoms with van der Waals surface area (Å²) in [4.78, 5) is 10.4. The molecule has 1 rings (SSSR count). The van der Waals surface area contributed by atoms with Gasteiger partial charge in [0.1, 0.15) is 0 Å². The molecular formula is C12H17BrN2O2. The average molecular weight is 301 g/mol. The molecule has 0 aliphatic carbocycles. The number of nitro groups is 1. The zero-order valence-corrected chi connectivity index (χ0v) is 11.7. The standard InChI is InChI=1S/C12H17BrN2O2/c1-3-10(4-2)14-8-9-6-5-7-11(12(9)13)15(16)17/h5-7,10,14H,3-4,8H2,1-2H3. The van der Waals surface area contributed by atoms with Crippen LogP contribution in [0.3, 0.4) is 0 Å².